The minimum Gasteiger partial charge on any atom is -0.375 e. The summed E-state index contributed by atoms with van der Waals surface area (Å²) in [5.41, 5.74) is 26.1. The van der Waals surface area contributed by atoms with Gasteiger partial charge >= 0.3 is 6.85 Å². The normalized spacial score (nSPS) is 25.2. The standard InChI is InChI=1S/C86H86BN3S/c1-82(2,3)58-19-25-63(26-20-58)88(64-27-21-59(22-28-64)83(4,5)6)65-29-32-75-72(43-65)87-79-76(89(75)73-30-23-60(84(7,8)9)39-67(73)57-15-11-10-12-16-57)44-70-66-17-13-14-18-77(66)91-81(70)78(79)71-42-62(86-48-54-36-55(49-86)38-56(37-54)50-86)41-69-68-40-61(24-31-74(68)90(87)80(69)71)85-45-51-33-52(46-85)35-53(34-51)47-85/h10-32,39-44,51-56H,33-38,45-50H2,1-9H3. The molecule has 2 aliphatic heterocycles. The van der Waals surface area contributed by atoms with Gasteiger partial charge in [-0.3, -0.25) is 0 Å². The third kappa shape index (κ3) is 8.29. The van der Waals surface area contributed by atoms with Crippen molar-refractivity contribution in [2.24, 2.45) is 35.5 Å². The Morgan fingerprint density at radius 3 is 1.55 bits per heavy atom. The van der Waals surface area contributed by atoms with Gasteiger partial charge in [0, 0.05) is 87.1 Å². The maximum Gasteiger partial charge on any atom is 0.333 e. The highest BCUT2D eigenvalue weighted by Crippen LogP contribution is 2.64. The Balaban J connectivity index is 0.942. The zero-order valence-corrected chi connectivity index (χ0v) is 55.8. The molecule has 0 radical (unpaired) electrons. The smallest absolute Gasteiger partial charge is 0.333 e. The van der Waals surface area contributed by atoms with Crippen LogP contribution >= 0.6 is 11.3 Å². The predicted molar refractivity (Wildman–Crippen MR) is 389 cm³/mol. The number of anilines is 6. The minimum atomic E-state index is -0.128. The Morgan fingerprint density at radius 2 is 0.956 bits per heavy atom. The van der Waals surface area contributed by atoms with E-state index >= 15 is 0 Å². The molecule has 0 unspecified atom stereocenters. The van der Waals surface area contributed by atoms with Crippen molar-refractivity contribution in [3.8, 4) is 22.3 Å². The lowest BCUT2D eigenvalue weighted by Crippen LogP contribution is -2.57. The van der Waals surface area contributed by atoms with Gasteiger partial charge < -0.3 is 14.3 Å². The lowest BCUT2D eigenvalue weighted by Gasteiger charge is -2.57. The molecule has 0 atom stereocenters. The Kier molecular flexibility index (Phi) is 11.6. The third-order valence-corrected chi connectivity index (χ3v) is 26.1. The Bertz CT molecular complexity index is 4710. The fourth-order valence-corrected chi connectivity index (χ4v) is 22.7. The fourth-order valence-electron chi connectivity index (χ4n) is 21.4. The van der Waals surface area contributed by atoms with Crippen LogP contribution in [0.15, 0.2) is 176 Å². The van der Waals surface area contributed by atoms with Crippen LogP contribution in [0, 0.1) is 35.5 Å². The first kappa shape index (κ1) is 55.3. The summed E-state index contributed by atoms with van der Waals surface area (Å²) in [5, 5.41) is 5.72. The lowest BCUT2D eigenvalue weighted by molar-refractivity contribution is -0.00527. The highest BCUT2D eigenvalue weighted by Gasteiger charge is 2.54. The van der Waals surface area contributed by atoms with Crippen LogP contribution in [0.5, 0.6) is 0 Å². The molecular formula is C86H86BN3S. The van der Waals surface area contributed by atoms with Crippen LogP contribution in [0.25, 0.3) is 64.2 Å². The van der Waals surface area contributed by atoms with Crippen LogP contribution in [-0.2, 0) is 27.1 Å². The summed E-state index contributed by atoms with van der Waals surface area (Å²) in [6.07, 6.45) is 16.9. The molecule has 0 amide bonds. The quantitative estimate of drug-likeness (QED) is 0.147. The first-order chi connectivity index (χ1) is 43.8. The second-order valence-corrected chi connectivity index (χ2v) is 34.9. The van der Waals surface area contributed by atoms with E-state index in [2.05, 4.69) is 253 Å². The van der Waals surface area contributed by atoms with E-state index in [4.69, 9.17) is 0 Å². The summed E-state index contributed by atoms with van der Waals surface area (Å²) in [7, 11) is 0. The lowest BCUT2D eigenvalue weighted by atomic mass is 9.44. The fraction of sp³-hybridized carbons (Fsp3) is 0.372. The van der Waals surface area contributed by atoms with Gasteiger partial charge in [-0.15, -0.1) is 11.3 Å². The molecule has 8 saturated carbocycles. The van der Waals surface area contributed by atoms with Crippen LogP contribution in [0.4, 0.5) is 34.1 Å². The number of fused-ring (bicyclic) bond motifs is 11. The van der Waals surface area contributed by atoms with Crippen molar-refractivity contribution in [1.82, 2.24) is 4.48 Å². The van der Waals surface area contributed by atoms with Gasteiger partial charge in [0.15, 0.2) is 0 Å². The van der Waals surface area contributed by atoms with E-state index in [-0.39, 0.29) is 33.9 Å². The van der Waals surface area contributed by atoms with Crippen molar-refractivity contribution >= 4 is 105 Å². The summed E-state index contributed by atoms with van der Waals surface area (Å²) < 4.78 is 5.73. The Labute approximate surface area is 544 Å². The predicted octanol–water partition coefficient (Wildman–Crippen LogP) is 22.5. The SMILES string of the molecule is CC(C)(C)c1ccc(N(c2ccc(C(C)(C)C)cc2)c2ccc3c(c2)B2c4c(cc5c(sc6ccccc65)c4-c4cc(C56CC7CC(CC(C7)C5)C6)cc5c6cc(C78CC9CC(CC(C9)C7)C8)ccc6n2c45)N3c2ccc(C(C)(C)C)cc2-c2ccccc2)cc1. The topological polar surface area (TPSA) is 11.4 Å². The van der Waals surface area contributed by atoms with Gasteiger partial charge in [-0.2, -0.15) is 0 Å². The zero-order valence-electron chi connectivity index (χ0n) is 55.0. The van der Waals surface area contributed by atoms with Crippen molar-refractivity contribution in [3.05, 3.63) is 204 Å². The Morgan fingerprint density at radius 1 is 0.429 bits per heavy atom. The summed E-state index contributed by atoms with van der Waals surface area (Å²) in [6, 6.07) is 71.2. The maximum atomic E-state index is 2.93. The molecule has 11 aromatic rings. The average Bonchev–Trinajstić information content (AvgIpc) is 1.61. The number of aromatic nitrogens is 1. The highest BCUT2D eigenvalue weighted by molar-refractivity contribution is 7.26. The Hall–Kier alpha value is -7.34. The molecule has 21 rings (SSSR count). The molecule has 0 saturated heterocycles. The van der Waals surface area contributed by atoms with Crippen molar-refractivity contribution in [3.63, 3.8) is 0 Å². The number of nitrogens with zero attached hydrogens (tertiary/aromatic N) is 3. The molecule has 8 bridgehead atoms. The molecule has 10 aliphatic rings. The highest BCUT2D eigenvalue weighted by atomic mass is 32.1. The molecule has 0 N–H and O–H groups in total. The van der Waals surface area contributed by atoms with E-state index in [1.54, 1.807) is 11.1 Å². The first-order valence-electron chi connectivity index (χ1n) is 35.1. The monoisotopic (exact) mass is 1200 g/mol. The van der Waals surface area contributed by atoms with E-state index in [9.17, 15) is 0 Å². The molecule has 3 nitrogen and oxygen atoms in total. The molecule has 91 heavy (non-hydrogen) atoms. The van der Waals surface area contributed by atoms with E-state index in [1.165, 1.54) is 203 Å². The van der Waals surface area contributed by atoms with Gasteiger partial charge in [-0.1, -0.05) is 147 Å². The molecule has 0 spiro atoms. The largest absolute Gasteiger partial charge is 0.375 e. The van der Waals surface area contributed by atoms with E-state index in [0.29, 0.717) is 0 Å². The van der Waals surface area contributed by atoms with Gasteiger partial charge in [-0.25, -0.2) is 0 Å². The summed E-state index contributed by atoms with van der Waals surface area (Å²) >= 11 is 2.04. The van der Waals surface area contributed by atoms with E-state index in [0.717, 1.165) is 35.5 Å². The second-order valence-electron chi connectivity index (χ2n) is 33.8. The second kappa shape index (κ2) is 19.2. The molecule has 454 valence electrons. The van der Waals surface area contributed by atoms with Crippen molar-refractivity contribution in [2.75, 3.05) is 9.80 Å². The number of hydrogen-bond acceptors (Lipinski definition) is 3. The first-order valence-corrected chi connectivity index (χ1v) is 35.9. The van der Waals surface area contributed by atoms with Crippen molar-refractivity contribution in [1.29, 1.82) is 0 Å². The van der Waals surface area contributed by atoms with Gasteiger partial charge in [0.05, 0.1) is 5.69 Å². The van der Waals surface area contributed by atoms with Gasteiger partial charge in [0.2, 0.25) is 0 Å². The molecule has 9 aromatic carbocycles. The molecule has 8 aliphatic carbocycles. The average molecular weight is 1200 g/mol. The van der Waals surface area contributed by atoms with Gasteiger partial charge in [0.1, 0.15) is 0 Å². The van der Waals surface area contributed by atoms with E-state index in [1.807, 2.05) is 11.3 Å². The van der Waals surface area contributed by atoms with Crippen LogP contribution in [-0.4, -0.2) is 11.3 Å². The van der Waals surface area contributed by atoms with Gasteiger partial charge in [0.25, 0.3) is 0 Å². The summed E-state index contributed by atoms with van der Waals surface area (Å²) in [6.45, 7) is 21.0. The summed E-state index contributed by atoms with van der Waals surface area (Å²) in [4.78, 5) is 5.30. The van der Waals surface area contributed by atoms with Crippen LogP contribution in [0.2, 0.25) is 0 Å². The molecule has 8 fully saturated rings. The molecular weight excluding hydrogens is 1120 g/mol. The van der Waals surface area contributed by atoms with Crippen molar-refractivity contribution in [2.45, 2.75) is 166 Å². The van der Waals surface area contributed by atoms with Crippen LogP contribution < -0.4 is 20.7 Å². The molecule has 4 heterocycles. The number of rotatable bonds is 7. The summed E-state index contributed by atoms with van der Waals surface area (Å²) in [5.74, 6) is 5.19. The third-order valence-electron chi connectivity index (χ3n) is 24.9. The number of thiophene rings is 1. The van der Waals surface area contributed by atoms with Crippen LogP contribution in [0.1, 0.15) is 167 Å². The minimum absolute atomic E-state index is 0.0236. The number of hydrogen-bond donors (Lipinski definition) is 0. The van der Waals surface area contributed by atoms with E-state index < -0.39 is 0 Å². The van der Waals surface area contributed by atoms with Crippen molar-refractivity contribution < 1.29 is 0 Å². The van der Waals surface area contributed by atoms with Gasteiger partial charge in [-0.05, 0) is 275 Å². The molecule has 5 heteroatoms. The van der Waals surface area contributed by atoms with Crippen LogP contribution in [0.3, 0.4) is 0 Å². The number of benzene rings is 9. The molecule has 2 aromatic heterocycles. The zero-order chi connectivity index (χ0) is 61.4. The maximum absolute atomic E-state index is 2.93.